The summed E-state index contributed by atoms with van der Waals surface area (Å²) in [4.78, 5) is 9.29. The van der Waals surface area contributed by atoms with Gasteiger partial charge < -0.3 is 9.40 Å². The van der Waals surface area contributed by atoms with Gasteiger partial charge in [0, 0.05) is 37.3 Å². The van der Waals surface area contributed by atoms with Crippen molar-refractivity contribution in [3.8, 4) is 33.6 Å². The Bertz CT molecular complexity index is 2320. The van der Waals surface area contributed by atoms with Crippen LogP contribution in [0.15, 0.2) is 114 Å². The number of furan rings is 1. The van der Waals surface area contributed by atoms with Gasteiger partial charge in [0.15, 0.2) is 0 Å². The molecule has 0 unspecified atom stereocenters. The minimum atomic E-state index is -1.77. The average molecular weight is 926 g/mol. The zero-order chi connectivity index (χ0) is 35.8. The van der Waals surface area contributed by atoms with E-state index in [2.05, 4.69) is 91.7 Å². The van der Waals surface area contributed by atoms with Crippen LogP contribution in [0.3, 0.4) is 0 Å². The van der Waals surface area contributed by atoms with Crippen LogP contribution in [0.4, 0.5) is 4.39 Å². The third kappa shape index (κ3) is 7.74. The molecule has 0 N–H and O–H groups in total. The zero-order valence-electron chi connectivity index (χ0n) is 30.8. The van der Waals surface area contributed by atoms with E-state index in [1.807, 2.05) is 60.8 Å². The fourth-order valence-electron chi connectivity index (χ4n) is 7.73. The van der Waals surface area contributed by atoms with Crippen LogP contribution in [0, 0.1) is 30.8 Å². The van der Waals surface area contributed by atoms with Crippen LogP contribution in [-0.2, 0) is 25.5 Å². The van der Waals surface area contributed by atoms with Gasteiger partial charge in [0.05, 0.1) is 5.58 Å². The van der Waals surface area contributed by atoms with Gasteiger partial charge >= 0.3 is 106 Å². The molecule has 1 saturated carbocycles. The van der Waals surface area contributed by atoms with Crippen molar-refractivity contribution in [2.45, 2.75) is 69.1 Å². The van der Waals surface area contributed by atoms with Gasteiger partial charge in [-0.2, -0.15) is 0 Å². The molecule has 8 rings (SSSR count). The van der Waals surface area contributed by atoms with Crippen molar-refractivity contribution in [1.82, 2.24) is 9.97 Å². The minimum Gasteiger partial charge on any atom is 0 e. The van der Waals surface area contributed by atoms with Crippen LogP contribution >= 0.6 is 0 Å². The second kappa shape index (κ2) is 15.6. The van der Waals surface area contributed by atoms with Crippen LogP contribution in [0.1, 0.15) is 50.7 Å². The summed E-state index contributed by atoms with van der Waals surface area (Å²) in [7, 11) is 0. The van der Waals surface area contributed by atoms with E-state index in [9.17, 15) is 4.39 Å². The van der Waals surface area contributed by atoms with E-state index >= 15 is 0 Å². The molecule has 1 aliphatic carbocycles. The van der Waals surface area contributed by atoms with E-state index in [0.717, 1.165) is 50.0 Å². The third-order valence-corrected chi connectivity index (χ3v) is 15.1. The number of aryl methyl sites for hydroxylation is 1. The summed E-state index contributed by atoms with van der Waals surface area (Å²) < 4.78 is 22.3. The monoisotopic (exact) mass is 927 g/mol. The standard InChI is InChI=1S/C31H27FNO.C15H18GeN.Ir/c1-31(2,21-8-3-4-9-21)22-16-17-33-27(19-22)20-14-15-28-25(18-20)30-24(11-7-13-29(30)34-28)23-10-5-6-12-26(23)32;1-12-10-15(13-8-6-5-7-9-13)17-11-14(12)16(2,3)4;/h5-7,10-13,15-19,21H,3-4,8-9H2,1-2H3;5-8,10-11H,1-4H3;/q2*-1;. The molecule has 0 amide bonds. The molecule has 3 nitrogen and oxygen atoms in total. The Morgan fingerprint density at radius 3 is 2.23 bits per heavy atom. The number of fused-ring (bicyclic) bond motifs is 3. The number of aromatic nitrogens is 2. The Morgan fingerprint density at radius 2 is 1.52 bits per heavy atom. The molecule has 267 valence electrons. The Morgan fingerprint density at radius 1 is 0.788 bits per heavy atom. The van der Waals surface area contributed by atoms with Crippen molar-refractivity contribution in [1.29, 1.82) is 0 Å². The predicted octanol–water partition coefficient (Wildman–Crippen LogP) is 12.1. The van der Waals surface area contributed by atoms with E-state index in [4.69, 9.17) is 9.40 Å². The normalized spacial score (nSPS) is 13.5. The van der Waals surface area contributed by atoms with Gasteiger partial charge in [-0.05, 0) is 59.2 Å². The van der Waals surface area contributed by atoms with Crippen LogP contribution in [0.25, 0.3) is 55.6 Å². The van der Waals surface area contributed by atoms with Crippen molar-refractivity contribution in [2.75, 3.05) is 0 Å². The first kappa shape index (κ1) is 37.8. The van der Waals surface area contributed by atoms with E-state index in [1.165, 1.54) is 47.3 Å². The molecule has 3 heterocycles. The summed E-state index contributed by atoms with van der Waals surface area (Å²) in [5, 5.41) is 1.87. The quantitative estimate of drug-likeness (QED) is 0.123. The summed E-state index contributed by atoms with van der Waals surface area (Å²) in [5.74, 6) is 7.67. The largest absolute Gasteiger partial charge is 0 e. The molecule has 1 radical (unpaired) electrons. The summed E-state index contributed by atoms with van der Waals surface area (Å²) in [5.41, 5.74) is 9.61. The van der Waals surface area contributed by atoms with Crippen LogP contribution in [0.5, 0.6) is 0 Å². The van der Waals surface area contributed by atoms with E-state index in [1.54, 1.807) is 6.07 Å². The predicted molar refractivity (Wildman–Crippen MR) is 212 cm³/mol. The molecule has 4 aromatic carbocycles. The SMILES string of the molecule is CC(C)(c1ccnc(-c2[c-]cc3oc4cccc(-c5ccccc5F)c4c3c2)c1)C1CCCC1.Cc1cc(-c2[c-]cccc2)nc[c]1[Ge]([CH3])([CH3])[CH3].[Ir]. The molecular formula is C46H45FGeIrN2O-2. The number of hydrogen-bond donors (Lipinski definition) is 0. The average Bonchev–Trinajstić information content (AvgIpc) is 3.81. The summed E-state index contributed by atoms with van der Waals surface area (Å²) in [6, 6.07) is 37.8. The molecule has 0 spiro atoms. The Kier molecular flexibility index (Phi) is 11.4. The molecule has 0 aliphatic heterocycles. The number of hydrogen-bond acceptors (Lipinski definition) is 3. The molecular weight excluding hydrogens is 880 g/mol. The maximum atomic E-state index is 14.7. The second-order valence-electron chi connectivity index (χ2n) is 15.4. The molecule has 0 saturated heterocycles. The first-order valence-electron chi connectivity index (χ1n) is 18.0. The van der Waals surface area contributed by atoms with Crippen molar-refractivity contribution in [3.63, 3.8) is 0 Å². The number of pyridine rings is 2. The van der Waals surface area contributed by atoms with Gasteiger partial charge in [-0.25, -0.2) is 4.39 Å². The first-order valence-corrected chi connectivity index (χ1v) is 25.4. The molecule has 6 heteroatoms. The van der Waals surface area contributed by atoms with Crippen LogP contribution in [-0.4, -0.2) is 23.2 Å². The van der Waals surface area contributed by atoms with Crippen LogP contribution in [0.2, 0.25) is 17.3 Å². The zero-order valence-corrected chi connectivity index (χ0v) is 35.3. The minimum absolute atomic E-state index is 0. The fourth-order valence-corrected chi connectivity index (χ4v) is 11.3. The molecule has 0 atom stereocenters. The summed E-state index contributed by atoms with van der Waals surface area (Å²) >= 11 is -1.77. The smallest absolute Gasteiger partial charge is 0 e. The number of rotatable bonds is 6. The molecule has 1 aliphatic rings. The van der Waals surface area contributed by atoms with Crippen molar-refractivity contribution >= 4 is 39.6 Å². The Hall–Kier alpha value is -3.90. The van der Waals surface area contributed by atoms with Gasteiger partial charge in [0.2, 0.25) is 0 Å². The molecule has 0 bridgehead atoms. The summed E-state index contributed by atoms with van der Waals surface area (Å²) in [6.45, 7) is 6.92. The maximum absolute atomic E-state index is 14.7. The van der Waals surface area contributed by atoms with Crippen molar-refractivity contribution in [2.24, 2.45) is 5.92 Å². The van der Waals surface area contributed by atoms with Crippen molar-refractivity contribution < 1.29 is 28.9 Å². The van der Waals surface area contributed by atoms with Gasteiger partial charge in [0.25, 0.3) is 0 Å². The van der Waals surface area contributed by atoms with Gasteiger partial charge in [-0.15, -0.1) is 23.8 Å². The number of halogens is 1. The van der Waals surface area contributed by atoms with Gasteiger partial charge in [0.1, 0.15) is 11.4 Å². The molecule has 3 aromatic heterocycles. The number of nitrogens with zero attached hydrogens (tertiary/aromatic N) is 2. The third-order valence-electron chi connectivity index (χ3n) is 10.7. The molecule has 1 fully saturated rings. The molecule has 52 heavy (non-hydrogen) atoms. The summed E-state index contributed by atoms with van der Waals surface area (Å²) in [6.07, 6.45) is 9.23. The van der Waals surface area contributed by atoms with Crippen molar-refractivity contribution in [3.05, 3.63) is 139 Å². The van der Waals surface area contributed by atoms with Gasteiger partial charge in [-0.1, -0.05) is 68.5 Å². The van der Waals surface area contributed by atoms with E-state index < -0.39 is 13.3 Å². The Labute approximate surface area is 323 Å². The fraction of sp³-hybridized carbons (Fsp3) is 0.261. The van der Waals surface area contributed by atoms with Crippen LogP contribution < -0.4 is 4.40 Å². The first-order chi connectivity index (χ1) is 24.5. The second-order valence-corrected chi connectivity index (χ2v) is 26.0. The Balaban J connectivity index is 0.000000218. The van der Waals surface area contributed by atoms with Gasteiger partial charge in [-0.3, -0.25) is 0 Å². The maximum Gasteiger partial charge on any atom is 0 e. The topological polar surface area (TPSA) is 38.9 Å². The van der Waals surface area contributed by atoms with E-state index in [-0.39, 0.29) is 31.3 Å². The molecule has 7 aromatic rings. The van der Waals surface area contributed by atoms with E-state index in [0.29, 0.717) is 11.5 Å². The number of benzene rings is 4.